The number of nitrogens with one attached hydrogen (secondary N) is 1. The Balaban J connectivity index is 2.51. The van der Waals surface area contributed by atoms with Gasteiger partial charge in [0.05, 0.1) is 0 Å². The van der Waals surface area contributed by atoms with Crippen molar-refractivity contribution >= 4 is 11.9 Å². The van der Waals surface area contributed by atoms with Crippen LogP contribution in [0.2, 0.25) is 0 Å². The molecular weight excluding hydrogens is 160 g/mol. The molecule has 0 spiro atoms. The SMILES string of the molecule is CC(=O)N1CCNC(C(=O)O)C1. The van der Waals surface area contributed by atoms with E-state index < -0.39 is 12.0 Å². The summed E-state index contributed by atoms with van der Waals surface area (Å²) in [6, 6.07) is -0.609. The second kappa shape index (κ2) is 3.53. The number of rotatable bonds is 1. The summed E-state index contributed by atoms with van der Waals surface area (Å²) in [5, 5.41) is 11.4. The highest BCUT2D eigenvalue weighted by Gasteiger charge is 2.25. The minimum atomic E-state index is -0.902. The number of carbonyl (C=O) groups is 2. The maximum atomic E-state index is 10.9. The van der Waals surface area contributed by atoms with Crippen molar-refractivity contribution < 1.29 is 14.7 Å². The van der Waals surface area contributed by atoms with Gasteiger partial charge < -0.3 is 15.3 Å². The number of carboxylic acid groups (broad SMARTS) is 1. The Bertz CT molecular complexity index is 185. The Morgan fingerprint density at radius 2 is 2.25 bits per heavy atom. The maximum absolute atomic E-state index is 10.9. The van der Waals surface area contributed by atoms with Crippen molar-refractivity contribution in [3.63, 3.8) is 0 Å². The lowest BCUT2D eigenvalue weighted by atomic mass is 10.2. The summed E-state index contributed by atoms with van der Waals surface area (Å²) in [7, 11) is 0. The van der Waals surface area contributed by atoms with Crippen LogP contribution in [0.25, 0.3) is 0 Å². The van der Waals surface area contributed by atoms with E-state index >= 15 is 0 Å². The molecule has 0 saturated carbocycles. The first-order valence-corrected chi connectivity index (χ1v) is 3.83. The number of piperazine rings is 1. The minimum Gasteiger partial charge on any atom is -0.480 e. The first-order valence-electron chi connectivity index (χ1n) is 3.83. The smallest absolute Gasteiger partial charge is 0.322 e. The van der Waals surface area contributed by atoms with Gasteiger partial charge in [0.2, 0.25) is 5.91 Å². The van der Waals surface area contributed by atoms with Crippen molar-refractivity contribution in [1.29, 1.82) is 0 Å². The van der Waals surface area contributed by atoms with Gasteiger partial charge in [-0.25, -0.2) is 0 Å². The van der Waals surface area contributed by atoms with Crippen LogP contribution < -0.4 is 5.32 Å². The number of hydrogen-bond donors (Lipinski definition) is 2. The molecule has 2 N–H and O–H groups in total. The summed E-state index contributed by atoms with van der Waals surface area (Å²) in [5.41, 5.74) is 0. The number of nitrogens with zero attached hydrogens (tertiary/aromatic N) is 1. The molecule has 1 fully saturated rings. The molecule has 1 atom stereocenters. The molecule has 1 saturated heterocycles. The largest absolute Gasteiger partial charge is 0.480 e. The van der Waals surface area contributed by atoms with E-state index in [1.807, 2.05) is 0 Å². The number of aliphatic carboxylic acids is 1. The molecule has 1 rings (SSSR count). The monoisotopic (exact) mass is 172 g/mol. The van der Waals surface area contributed by atoms with E-state index in [1.54, 1.807) is 0 Å². The quantitative estimate of drug-likeness (QED) is 0.526. The Kier molecular flexibility index (Phi) is 2.65. The minimum absolute atomic E-state index is 0.0669. The Morgan fingerprint density at radius 1 is 1.58 bits per heavy atom. The van der Waals surface area contributed by atoms with E-state index in [0.29, 0.717) is 13.1 Å². The first-order chi connectivity index (χ1) is 5.61. The summed E-state index contributed by atoms with van der Waals surface area (Å²) in [4.78, 5) is 22.9. The molecule has 0 aliphatic carbocycles. The Morgan fingerprint density at radius 3 is 2.75 bits per heavy atom. The highest BCUT2D eigenvalue weighted by atomic mass is 16.4. The van der Waals surface area contributed by atoms with Gasteiger partial charge in [-0.15, -0.1) is 0 Å². The van der Waals surface area contributed by atoms with Gasteiger partial charge in [0.15, 0.2) is 0 Å². The average molecular weight is 172 g/mol. The van der Waals surface area contributed by atoms with E-state index in [2.05, 4.69) is 5.32 Å². The first kappa shape index (κ1) is 8.99. The van der Waals surface area contributed by atoms with Crippen molar-refractivity contribution in [2.75, 3.05) is 19.6 Å². The molecule has 1 amide bonds. The molecule has 5 nitrogen and oxygen atoms in total. The third kappa shape index (κ3) is 1.94. The van der Waals surface area contributed by atoms with E-state index in [1.165, 1.54) is 11.8 Å². The van der Waals surface area contributed by atoms with Crippen molar-refractivity contribution in [3.8, 4) is 0 Å². The van der Waals surface area contributed by atoms with E-state index in [0.717, 1.165) is 0 Å². The molecule has 0 aromatic carbocycles. The van der Waals surface area contributed by atoms with Crippen LogP contribution in [0, 0.1) is 0 Å². The third-order valence-corrected chi connectivity index (χ3v) is 1.92. The van der Waals surface area contributed by atoms with Gasteiger partial charge in [-0.1, -0.05) is 0 Å². The van der Waals surface area contributed by atoms with Crippen LogP contribution in [0.5, 0.6) is 0 Å². The number of carboxylic acids is 1. The molecule has 0 radical (unpaired) electrons. The Hall–Kier alpha value is -1.10. The van der Waals surface area contributed by atoms with E-state index in [9.17, 15) is 9.59 Å². The van der Waals surface area contributed by atoms with Crippen molar-refractivity contribution in [3.05, 3.63) is 0 Å². The van der Waals surface area contributed by atoms with Crippen LogP contribution in [0.3, 0.4) is 0 Å². The van der Waals surface area contributed by atoms with Gasteiger partial charge in [-0.05, 0) is 0 Å². The summed E-state index contributed by atoms with van der Waals surface area (Å²) in [6.07, 6.45) is 0. The van der Waals surface area contributed by atoms with Crippen LogP contribution in [-0.4, -0.2) is 47.6 Å². The highest BCUT2D eigenvalue weighted by molar-refractivity contribution is 5.77. The molecule has 0 aromatic heterocycles. The zero-order valence-corrected chi connectivity index (χ0v) is 6.91. The van der Waals surface area contributed by atoms with Gasteiger partial charge in [0.25, 0.3) is 0 Å². The highest BCUT2D eigenvalue weighted by Crippen LogP contribution is 1.99. The fourth-order valence-corrected chi connectivity index (χ4v) is 1.20. The van der Waals surface area contributed by atoms with Crippen molar-refractivity contribution in [1.82, 2.24) is 10.2 Å². The van der Waals surface area contributed by atoms with Crippen molar-refractivity contribution in [2.45, 2.75) is 13.0 Å². The molecule has 0 aromatic rings. The lowest BCUT2D eigenvalue weighted by Gasteiger charge is -2.30. The topological polar surface area (TPSA) is 69.6 Å². The van der Waals surface area contributed by atoms with Gasteiger partial charge in [-0.2, -0.15) is 0 Å². The molecule has 1 unspecified atom stereocenters. The average Bonchev–Trinajstić information content (AvgIpc) is 2.04. The van der Waals surface area contributed by atoms with Gasteiger partial charge in [0, 0.05) is 26.6 Å². The normalized spacial score (nSPS) is 23.8. The van der Waals surface area contributed by atoms with Gasteiger partial charge in [-0.3, -0.25) is 9.59 Å². The van der Waals surface area contributed by atoms with Crippen LogP contribution in [0.15, 0.2) is 0 Å². The molecule has 5 heteroatoms. The molecule has 68 valence electrons. The summed E-state index contributed by atoms with van der Waals surface area (Å²) in [5.74, 6) is -0.969. The van der Waals surface area contributed by atoms with Crippen LogP contribution >= 0.6 is 0 Å². The third-order valence-electron chi connectivity index (χ3n) is 1.92. The number of carbonyl (C=O) groups excluding carboxylic acids is 1. The van der Waals surface area contributed by atoms with E-state index in [4.69, 9.17) is 5.11 Å². The van der Waals surface area contributed by atoms with Crippen LogP contribution in [0.1, 0.15) is 6.92 Å². The molecule has 1 aliphatic heterocycles. The second-order valence-corrected chi connectivity index (χ2v) is 2.81. The molecule has 1 aliphatic rings. The van der Waals surface area contributed by atoms with Crippen LogP contribution in [0.4, 0.5) is 0 Å². The molecule has 0 bridgehead atoms. The van der Waals surface area contributed by atoms with Crippen LogP contribution in [-0.2, 0) is 9.59 Å². The van der Waals surface area contributed by atoms with Gasteiger partial charge >= 0.3 is 5.97 Å². The van der Waals surface area contributed by atoms with E-state index in [-0.39, 0.29) is 12.5 Å². The van der Waals surface area contributed by atoms with Gasteiger partial charge in [0.1, 0.15) is 6.04 Å². The zero-order chi connectivity index (χ0) is 9.14. The summed E-state index contributed by atoms with van der Waals surface area (Å²) in [6.45, 7) is 2.87. The predicted octanol–water partition coefficient (Wildman–Crippen LogP) is -1.11. The maximum Gasteiger partial charge on any atom is 0.322 e. The summed E-state index contributed by atoms with van der Waals surface area (Å²) < 4.78 is 0. The number of amides is 1. The fourth-order valence-electron chi connectivity index (χ4n) is 1.20. The molecule has 12 heavy (non-hydrogen) atoms. The number of hydrogen-bond acceptors (Lipinski definition) is 3. The lowest BCUT2D eigenvalue weighted by Crippen LogP contribution is -2.55. The second-order valence-electron chi connectivity index (χ2n) is 2.81. The molecular formula is C7H12N2O3. The zero-order valence-electron chi connectivity index (χ0n) is 6.91. The summed E-state index contributed by atoms with van der Waals surface area (Å²) >= 11 is 0. The fraction of sp³-hybridized carbons (Fsp3) is 0.714. The predicted molar refractivity (Wildman–Crippen MR) is 41.7 cm³/mol. The molecule has 1 heterocycles. The van der Waals surface area contributed by atoms with Crippen molar-refractivity contribution in [2.24, 2.45) is 0 Å². The lowest BCUT2D eigenvalue weighted by molar-refractivity contribution is -0.142. The Labute approximate surface area is 70.4 Å². The standard InChI is InChI=1S/C7H12N2O3/c1-5(10)9-3-2-8-6(4-9)7(11)12/h6,8H,2-4H2,1H3,(H,11,12).